The third-order valence-electron chi connectivity index (χ3n) is 4.65. The van der Waals surface area contributed by atoms with E-state index >= 15 is 0 Å². The Morgan fingerprint density at radius 1 is 1.17 bits per heavy atom. The standard InChI is InChI=1S/C18H22N2O4/c21-16(13-7-3-1-4-8-13)11-14-9-5-2-6-10-20(14)17(22)15-12-24-18(23)19-15/h1,3-4,7-8,14-15H,2,5-6,9-12H2,(H,19,23)/t14?,15-/m1/s1. The van der Waals surface area contributed by atoms with Crippen LogP contribution in [0.5, 0.6) is 0 Å². The van der Waals surface area contributed by atoms with Crippen LogP contribution in [-0.4, -0.2) is 47.9 Å². The van der Waals surface area contributed by atoms with Gasteiger partial charge < -0.3 is 15.0 Å². The van der Waals surface area contributed by atoms with Crippen LogP contribution in [0, 0.1) is 0 Å². The second-order valence-corrected chi connectivity index (χ2v) is 6.32. The molecule has 0 bridgehead atoms. The number of carbonyl (C=O) groups is 3. The van der Waals surface area contributed by atoms with Gasteiger partial charge in [-0.05, 0) is 12.8 Å². The monoisotopic (exact) mass is 330 g/mol. The van der Waals surface area contributed by atoms with Gasteiger partial charge in [-0.3, -0.25) is 9.59 Å². The van der Waals surface area contributed by atoms with Crippen molar-refractivity contribution >= 4 is 17.8 Å². The minimum atomic E-state index is -0.634. The number of nitrogens with one attached hydrogen (secondary N) is 1. The number of cyclic esters (lactones) is 1. The number of carbonyl (C=O) groups excluding carboxylic acids is 3. The first-order valence-corrected chi connectivity index (χ1v) is 8.47. The van der Waals surface area contributed by atoms with Crippen molar-refractivity contribution in [2.75, 3.05) is 13.2 Å². The number of alkyl carbamates (subject to hydrolysis) is 1. The highest BCUT2D eigenvalue weighted by atomic mass is 16.6. The van der Waals surface area contributed by atoms with Gasteiger partial charge >= 0.3 is 6.09 Å². The molecule has 0 aliphatic carbocycles. The number of hydrogen-bond acceptors (Lipinski definition) is 4. The van der Waals surface area contributed by atoms with E-state index in [1.165, 1.54) is 0 Å². The topological polar surface area (TPSA) is 75.7 Å². The van der Waals surface area contributed by atoms with Crippen LogP contribution in [0.2, 0.25) is 0 Å². The Kier molecular flexibility index (Phi) is 5.13. The highest BCUT2D eigenvalue weighted by Gasteiger charge is 2.36. The van der Waals surface area contributed by atoms with Gasteiger partial charge in [0.25, 0.3) is 0 Å². The Balaban J connectivity index is 1.71. The second-order valence-electron chi connectivity index (χ2n) is 6.32. The van der Waals surface area contributed by atoms with Crippen molar-refractivity contribution in [3.8, 4) is 0 Å². The van der Waals surface area contributed by atoms with Gasteiger partial charge in [0.05, 0.1) is 0 Å². The Morgan fingerprint density at radius 3 is 2.67 bits per heavy atom. The van der Waals surface area contributed by atoms with Gasteiger partial charge in [0.1, 0.15) is 12.6 Å². The fourth-order valence-electron chi connectivity index (χ4n) is 3.35. The normalized spacial score (nSPS) is 24.0. The molecule has 24 heavy (non-hydrogen) atoms. The van der Waals surface area contributed by atoms with Gasteiger partial charge in [0.15, 0.2) is 5.78 Å². The minimum absolute atomic E-state index is 0.0482. The summed E-state index contributed by atoms with van der Waals surface area (Å²) >= 11 is 0. The summed E-state index contributed by atoms with van der Waals surface area (Å²) in [6.07, 6.45) is 3.55. The molecule has 0 spiro atoms. The SMILES string of the molecule is O=C1N[C@@H](C(=O)N2CCCCCC2CC(=O)c2ccccc2)CO1. The third-order valence-corrected chi connectivity index (χ3v) is 4.65. The van der Waals surface area contributed by atoms with E-state index in [9.17, 15) is 14.4 Å². The van der Waals surface area contributed by atoms with Crippen LogP contribution < -0.4 is 5.32 Å². The molecule has 0 saturated carbocycles. The number of ether oxygens (including phenoxy) is 1. The van der Waals surface area contributed by atoms with Crippen molar-refractivity contribution in [2.24, 2.45) is 0 Å². The van der Waals surface area contributed by atoms with E-state index < -0.39 is 12.1 Å². The third kappa shape index (κ3) is 3.75. The number of nitrogens with zero attached hydrogens (tertiary/aromatic N) is 1. The lowest BCUT2D eigenvalue weighted by atomic mass is 9.99. The first-order valence-electron chi connectivity index (χ1n) is 8.47. The maximum Gasteiger partial charge on any atom is 0.407 e. The van der Waals surface area contributed by atoms with E-state index in [0.29, 0.717) is 18.5 Å². The largest absolute Gasteiger partial charge is 0.447 e. The molecular weight excluding hydrogens is 308 g/mol. The van der Waals surface area contributed by atoms with Gasteiger partial charge in [-0.1, -0.05) is 43.2 Å². The summed E-state index contributed by atoms with van der Waals surface area (Å²) in [7, 11) is 0. The summed E-state index contributed by atoms with van der Waals surface area (Å²) in [5, 5.41) is 2.54. The molecule has 3 rings (SSSR count). The minimum Gasteiger partial charge on any atom is -0.447 e. The maximum atomic E-state index is 12.7. The van der Waals surface area contributed by atoms with E-state index in [1.54, 1.807) is 17.0 Å². The zero-order valence-corrected chi connectivity index (χ0v) is 13.6. The van der Waals surface area contributed by atoms with Crippen molar-refractivity contribution in [1.29, 1.82) is 0 Å². The predicted octanol–water partition coefficient (Wildman–Crippen LogP) is 2.14. The Bertz CT molecular complexity index is 617. The molecule has 2 aliphatic heterocycles. The summed E-state index contributed by atoms with van der Waals surface area (Å²) in [6, 6.07) is 8.41. The van der Waals surface area contributed by atoms with E-state index in [-0.39, 0.29) is 24.3 Å². The second kappa shape index (κ2) is 7.47. The number of rotatable bonds is 4. The average Bonchev–Trinajstić information content (AvgIpc) is 2.90. The molecule has 6 heteroatoms. The van der Waals surface area contributed by atoms with Gasteiger partial charge in [0.2, 0.25) is 5.91 Å². The van der Waals surface area contributed by atoms with Gasteiger partial charge in [0, 0.05) is 24.6 Å². The zero-order valence-electron chi connectivity index (χ0n) is 13.6. The Morgan fingerprint density at radius 2 is 1.96 bits per heavy atom. The molecule has 1 N–H and O–H groups in total. The molecule has 2 aliphatic rings. The molecule has 2 fully saturated rings. The van der Waals surface area contributed by atoms with Gasteiger partial charge in [-0.2, -0.15) is 0 Å². The van der Waals surface area contributed by atoms with Gasteiger partial charge in [-0.15, -0.1) is 0 Å². The maximum absolute atomic E-state index is 12.7. The van der Waals surface area contributed by atoms with Crippen LogP contribution in [0.15, 0.2) is 30.3 Å². The quantitative estimate of drug-likeness (QED) is 0.858. The molecular formula is C18H22N2O4. The van der Waals surface area contributed by atoms with Crippen LogP contribution >= 0.6 is 0 Å². The zero-order chi connectivity index (χ0) is 16.9. The molecule has 0 radical (unpaired) electrons. The summed E-state index contributed by atoms with van der Waals surface area (Å²) < 4.78 is 4.83. The number of Topliss-reactive ketones (excluding diaryl/α,β-unsaturated/α-hetero) is 1. The summed E-state index contributed by atoms with van der Waals surface area (Å²) in [5.74, 6) is -0.0966. The van der Waals surface area contributed by atoms with Crippen molar-refractivity contribution in [3.63, 3.8) is 0 Å². The average molecular weight is 330 g/mol. The summed E-state index contributed by atoms with van der Waals surface area (Å²) in [4.78, 5) is 38.2. The molecule has 1 aromatic rings. The van der Waals surface area contributed by atoms with Crippen LogP contribution in [0.25, 0.3) is 0 Å². The Labute approximate surface area is 141 Å². The van der Waals surface area contributed by atoms with Crippen molar-refractivity contribution in [1.82, 2.24) is 10.2 Å². The molecule has 6 nitrogen and oxygen atoms in total. The number of benzene rings is 1. The fraction of sp³-hybridized carbons (Fsp3) is 0.500. The van der Waals surface area contributed by atoms with Crippen molar-refractivity contribution < 1.29 is 19.1 Å². The Hall–Kier alpha value is -2.37. The molecule has 1 unspecified atom stereocenters. The highest BCUT2D eigenvalue weighted by Crippen LogP contribution is 2.22. The molecule has 2 saturated heterocycles. The van der Waals surface area contributed by atoms with Crippen molar-refractivity contribution in [3.05, 3.63) is 35.9 Å². The van der Waals surface area contributed by atoms with Crippen LogP contribution in [0.1, 0.15) is 42.5 Å². The molecule has 1 aromatic carbocycles. The molecule has 2 amide bonds. The fourth-order valence-corrected chi connectivity index (χ4v) is 3.35. The predicted molar refractivity (Wildman–Crippen MR) is 87.6 cm³/mol. The first kappa shape index (κ1) is 16.5. The molecule has 2 atom stereocenters. The van der Waals surface area contributed by atoms with E-state index in [4.69, 9.17) is 4.74 Å². The van der Waals surface area contributed by atoms with Gasteiger partial charge in [-0.25, -0.2) is 4.79 Å². The number of amides is 2. The lowest BCUT2D eigenvalue weighted by molar-refractivity contribution is -0.135. The van der Waals surface area contributed by atoms with Crippen LogP contribution in [-0.2, 0) is 9.53 Å². The highest BCUT2D eigenvalue weighted by molar-refractivity contribution is 5.97. The van der Waals surface area contributed by atoms with Crippen LogP contribution in [0.4, 0.5) is 4.79 Å². The van der Waals surface area contributed by atoms with Crippen molar-refractivity contribution in [2.45, 2.75) is 44.2 Å². The number of likely N-dealkylation sites (tertiary alicyclic amines) is 1. The lowest BCUT2D eigenvalue weighted by Crippen LogP contribution is -2.50. The van der Waals surface area contributed by atoms with E-state index in [0.717, 1.165) is 25.7 Å². The summed E-state index contributed by atoms with van der Waals surface area (Å²) in [5.41, 5.74) is 0.673. The summed E-state index contributed by atoms with van der Waals surface area (Å²) in [6.45, 7) is 0.686. The van der Waals surface area contributed by atoms with Crippen LogP contribution in [0.3, 0.4) is 0 Å². The number of hydrogen-bond donors (Lipinski definition) is 1. The smallest absolute Gasteiger partial charge is 0.407 e. The molecule has 128 valence electrons. The van der Waals surface area contributed by atoms with E-state index in [2.05, 4.69) is 5.32 Å². The van der Waals surface area contributed by atoms with E-state index in [1.807, 2.05) is 18.2 Å². The lowest BCUT2D eigenvalue weighted by Gasteiger charge is -2.31. The molecule has 0 aromatic heterocycles. The number of ketones is 1. The first-order chi connectivity index (χ1) is 11.6. The molecule has 2 heterocycles.